The lowest BCUT2D eigenvalue weighted by molar-refractivity contribution is -0.150. The Labute approximate surface area is 83.4 Å². The summed E-state index contributed by atoms with van der Waals surface area (Å²) in [7, 11) is 0. The molecule has 5 heteroatoms. The van der Waals surface area contributed by atoms with Gasteiger partial charge in [-0.25, -0.2) is 0 Å². The molecule has 1 aliphatic heterocycles. The molecule has 0 aromatic heterocycles. The Bertz CT molecular complexity index is 230. The summed E-state index contributed by atoms with van der Waals surface area (Å²) < 4.78 is 4.64. The maximum Gasteiger partial charge on any atom is 0.303 e. The van der Waals surface area contributed by atoms with Crippen molar-refractivity contribution in [1.29, 1.82) is 0 Å². The van der Waals surface area contributed by atoms with E-state index in [9.17, 15) is 9.59 Å². The van der Waals surface area contributed by atoms with Crippen LogP contribution in [-0.2, 0) is 14.3 Å². The van der Waals surface area contributed by atoms with Gasteiger partial charge < -0.3 is 15.0 Å². The van der Waals surface area contributed by atoms with Crippen molar-refractivity contribution in [3.63, 3.8) is 0 Å². The van der Waals surface area contributed by atoms with Gasteiger partial charge in [0.15, 0.2) is 6.61 Å². The van der Waals surface area contributed by atoms with Crippen molar-refractivity contribution >= 4 is 11.9 Å². The fraction of sp³-hybridized carbons (Fsp3) is 0.778. The van der Waals surface area contributed by atoms with E-state index in [0.717, 1.165) is 6.54 Å². The Morgan fingerprint density at radius 1 is 1.57 bits per heavy atom. The van der Waals surface area contributed by atoms with Crippen LogP contribution >= 0.6 is 0 Å². The molecule has 1 atom stereocenters. The summed E-state index contributed by atoms with van der Waals surface area (Å²) in [6.45, 7) is 5.35. The van der Waals surface area contributed by atoms with Crippen molar-refractivity contribution < 1.29 is 14.3 Å². The third-order valence-electron chi connectivity index (χ3n) is 2.12. The first kappa shape index (κ1) is 11.0. The number of nitrogens with zero attached hydrogens (tertiary/aromatic N) is 1. The van der Waals surface area contributed by atoms with Crippen molar-refractivity contribution in [2.75, 3.05) is 26.2 Å². The zero-order chi connectivity index (χ0) is 10.6. The Hall–Kier alpha value is -1.10. The van der Waals surface area contributed by atoms with Gasteiger partial charge in [0.1, 0.15) is 0 Å². The maximum absolute atomic E-state index is 11.5. The number of ether oxygens (including phenoxy) is 1. The van der Waals surface area contributed by atoms with Crippen LogP contribution in [0.5, 0.6) is 0 Å². The van der Waals surface area contributed by atoms with E-state index < -0.39 is 5.97 Å². The smallest absolute Gasteiger partial charge is 0.303 e. The van der Waals surface area contributed by atoms with Crippen LogP contribution < -0.4 is 5.32 Å². The molecule has 0 aromatic carbocycles. The lowest BCUT2D eigenvalue weighted by Gasteiger charge is -2.31. The predicted molar refractivity (Wildman–Crippen MR) is 50.7 cm³/mol. The zero-order valence-corrected chi connectivity index (χ0v) is 8.58. The van der Waals surface area contributed by atoms with E-state index in [4.69, 9.17) is 0 Å². The summed E-state index contributed by atoms with van der Waals surface area (Å²) in [4.78, 5) is 23.7. The number of esters is 1. The van der Waals surface area contributed by atoms with Gasteiger partial charge in [-0.1, -0.05) is 0 Å². The molecule has 0 aliphatic carbocycles. The van der Waals surface area contributed by atoms with Crippen LogP contribution in [0, 0.1) is 0 Å². The monoisotopic (exact) mass is 200 g/mol. The number of hydrogen-bond acceptors (Lipinski definition) is 4. The van der Waals surface area contributed by atoms with Gasteiger partial charge >= 0.3 is 5.97 Å². The molecule has 14 heavy (non-hydrogen) atoms. The van der Waals surface area contributed by atoms with Crippen LogP contribution in [0.4, 0.5) is 0 Å². The van der Waals surface area contributed by atoms with E-state index in [-0.39, 0.29) is 12.5 Å². The molecule has 1 N–H and O–H groups in total. The number of hydrogen-bond donors (Lipinski definition) is 1. The van der Waals surface area contributed by atoms with Gasteiger partial charge in [-0.05, 0) is 6.92 Å². The minimum absolute atomic E-state index is 0.117. The van der Waals surface area contributed by atoms with Gasteiger partial charge in [-0.15, -0.1) is 0 Å². The quantitative estimate of drug-likeness (QED) is 0.603. The first-order chi connectivity index (χ1) is 6.59. The van der Waals surface area contributed by atoms with Crippen molar-refractivity contribution in [3.05, 3.63) is 0 Å². The van der Waals surface area contributed by atoms with Gasteiger partial charge in [-0.3, -0.25) is 9.59 Å². The number of carbonyl (C=O) groups is 2. The van der Waals surface area contributed by atoms with Crippen LogP contribution in [0.15, 0.2) is 0 Å². The molecule has 80 valence electrons. The molecule has 0 spiro atoms. The largest absolute Gasteiger partial charge is 0.456 e. The zero-order valence-electron chi connectivity index (χ0n) is 8.58. The molecule has 1 unspecified atom stereocenters. The average Bonchev–Trinajstić information content (AvgIpc) is 2.14. The van der Waals surface area contributed by atoms with E-state index >= 15 is 0 Å². The lowest BCUT2D eigenvalue weighted by atomic mass is 10.2. The molecule has 1 fully saturated rings. The molecule has 1 aliphatic rings. The molecular weight excluding hydrogens is 184 g/mol. The summed E-state index contributed by atoms with van der Waals surface area (Å²) in [5.74, 6) is -0.532. The summed E-state index contributed by atoms with van der Waals surface area (Å²) >= 11 is 0. The average molecular weight is 200 g/mol. The van der Waals surface area contributed by atoms with Gasteiger partial charge in [0.2, 0.25) is 0 Å². The fourth-order valence-electron chi connectivity index (χ4n) is 1.41. The number of carbonyl (C=O) groups excluding carboxylic acids is 2. The highest BCUT2D eigenvalue weighted by Crippen LogP contribution is 1.99. The van der Waals surface area contributed by atoms with Crippen LogP contribution in [0.2, 0.25) is 0 Å². The van der Waals surface area contributed by atoms with E-state index in [1.54, 1.807) is 4.90 Å². The Kier molecular flexibility index (Phi) is 3.88. The highest BCUT2D eigenvalue weighted by atomic mass is 16.5. The number of nitrogens with one attached hydrogen (secondary N) is 1. The molecular formula is C9H16N2O3. The van der Waals surface area contributed by atoms with E-state index in [0.29, 0.717) is 19.1 Å². The minimum Gasteiger partial charge on any atom is -0.456 e. The maximum atomic E-state index is 11.5. The van der Waals surface area contributed by atoms with Gasteiger partial charge in [0, 0.05) is 32.6 Å². The molecule has 1 amide bonds. The molecule has 5 nitrogen and oxygen atoms in total. The van der Waals surface area contributed by atoms with E-state index in [1.165, 1.54) is 6.92 Å². The normalized spacial score (nSPS) is 21.9. The lowest BCUT2D eigenvalue weighted by Crippen LogP contribution is -2.52. The number of piperazine rings is 1. The summed E-state index contributed by atoms with van der Waals surface area (Å²) in [5.41, 5.74) is 0. The topological polar surface area (TPSA) is 58.6 Å². The van der Waals surface area contributed by atoms with Crippen molar-refractivity contribution in [1.82, 2.24) is 10.2 Å². The molecule has 0 saturated carbocycles. The standard InChI is InChI=1S/C9H16N2O3/c1-7-5-11(4-3-10-7)9(13)6-14-8(2)12/h7,10H,3-6H2,1-2H3. The molecule has 1 heterocycles. The van der Waals surface area contributed by atoms with Crippen LogP contribution in [-0.4, -0.2) is 49.1 Å². The van der Waals surface area contributed by atoms with Gasteiger partial charge in [0.05, 0.1) is 0 Å². The number of rotatable bonds is 2. The van der Waals surface area contributed by atoms with Crippen molar-refractivity contribution in [2.45, 2.75) is 19.9 Å². The molecule has 0 bridgehead atoms. The van der Waals surface area contributed by atoms with Crippen molar-refractivity contribution in [3.8, 4) is 0 Å². The Morgan fingerprint density at radius 2 is 2.29 bits per heavy atom. The van der Waals surface area contributed by atoms with Crippen LogP contribution in [0.25, 0.3) is 0 Å². The first-order valence-corrected chi connectivity index (χ1v) is 4.74. The minimum atomic E-state index is -0.415. The van der Waals surface area contributed by atoms with Gasteiger partial charge in [0.25, 0.3) is 5.91 Å². The number of amides is 1. The fourth-order valence-corrected chi connectivity index (χ4v) is 1.41. The third-order valence-corrected chi connectivity index (χ3v) is 2.12. The second-order valence-corrected chi connectivity index (χ2v) is 3.48. The summed E-state index contributed by atoms with van der Waals surface area (Å²) in [6.07, 6.45) is 0. The molecule has 1 rings (SSSR count). The van der Waals surface area contributed by atoms with E-state index in [2.05, 4.69) is 10.1 Å². The van der Waals surface area contributed by atoms with Crippen LogP contribution in [0.1, 0.15) is 13.8 Å². The first-order valence-electron chi connectivity index (χ1n) is 4.74. The van der Waals surface area contributed by atoms with E-state index in [1.807, 2.05) is 6.92 Å². The summed E-state index contributed by atoms with van der Waals surface area (Å²) in [5, 5.41) is 3.23. The SMILES string of the molecule is CC(=O)OCC(=O)N1CCNC(C)C1. The highest BCUT2D eigenvalue weighted by molar-refractivity contribution is 5.80. The summed E-state index contributed by atoms with van der Waals surface area (Å²) in [6, 6.07) is 0.310. The third kappa shape index (κ3) is 3.33. The Balaban J connectivity index is 2.32. The molecule has 0 aromatic rings. The predicted octanol–water partition coefficient (Wildman–Crippen LogP) is -0.630. The molecule has 0 radical (unpaired) electrons. The van der Waals surface area contributed by atoms with Crippen LogP contribution in [0.3, 0.4) is 0 Å². The second kappa shape index (κ2) is 4.95. The van der Waals surface area contributed by atoms with Gasteiger partial charge in [-0.2, -0.15) is 0 Å². The van der Waals surface area contributed by atoms with Crippen molar-refractivity contribution in [2.24, 2.45) is 0 Å². The highest BCUT2D eigenvalue weighted by Gasteiger charge is 2.20. The second-order valence-electron chi connectivity index (χ2n) is 3.48. The molecule has 1 saturated heterocycles. The Morgan fingerprint density at radius 3 is 2.86 bits per heavy atom.